The second kappa shape index (κ2) is 11.3. The molecule has 0 atom stereocenters. The van der Waals surface area contributed by atoms with Gasteiger partial charge in [-0.25, -0.2) is 14.3 Å². The maximum atomic E-state index is 12.8. The Labute approximate surface area is 207 Å². The van der Waals surface area contributed by atoms with Gasteiger partial charge in [-0.15, -0.1) is 11.3 Å². The van der Waals surface area contributed by atoms with E-state index in [0.29, 0.717) is 33.7 Å². The van der Waals surface area contributed by atoms with Gasteiger partial charge in [-0.1, -0.05) is 32.0 Å². The Kier molecular flexibility index (Phi) is 8.39. The third-order valence-electron chi connectivity index (χ3n) is 5.07. The topological polar surface area (TPSA) is 117 Å². The first-order valence-corrected chi connectivity index (χ1v) is 12.3. The van der Waals surface area contributed by atoms with E-state index in [0.717, 1.165) is 5.56 Å². The summed E-state index contributed by atoms with van der Waals surface area (Å²) < 4.78 is 11.6. The monoisotopic (exact) mass is 499 g/mol. The van der Waals surface area contributed by atoms with Gasteiger partial charge in [0.05, 0.1) is 23.6 Å². The van der Waals surface area contributed by atoms with Crippen molar-refractivity contribution in [3.63, 3.8) is 0 Å². The number of hydrogen-bond donors (Lipinski definition) is 1. The van der Waals surface area contributed by atoms with Crippen molar-refractivity contribution in [1.82, 2.24) is 9.78 Å². The van der Waals surface area contributed by atoms with E-state index in [-0.39, 0.29) is 23.9 Å². The van der Waals surface area contributed by atoms with E-state index < -0.39 is 24.5 Å². The average Bonchev–Trinajstić information content (AvgIpc) is 3.19. The third-order valence-corrected chi connectivity index (χ3v) is 6.02. The van der Waals surface area contributed by atoms with Gasteiger partial charge in [0.15, 0.2) is 12.3 Å². The fourth-order valence-electron chi connectivity index (χ4n) is 3.57. The van der Waals surface area contributed by atoms with Crippen LogP contribution in [0.2, 0.25) is 0 Å². The highest BCUT2D eigenvalue weighted by Crippen LogP contribution is 2.31. The van der Waals surface area contributed by atoms with Gasteiger partial charge in [-0.3, -0.25) is 9.59 Å². The van der Waals surface area contributed by atoms with Gasteiger partial charge in [-0.05, 0) is 50.1 Å². The van der Waals surface area contributed by atoms with E-state index in [1.54, 1.807) is 45.0 Å². The van der Waals surface area contributed by atoms with Gasteiger partial charge < -0.3 is 14.8 Å². The molecule has 0 radical (unpaired) electrons. The van der Waals surface area contributed by atoms with E-state index in [1.165, 1.54) is 16.0 Å². The number of esters is 2. The van der Waals surface area contributed by atoms with Crippen LogP contribution in [-0.2, 0) is 20.7 Å². The smallest absolute Gasteiger partial charge is 0.359 e. The van der Waals surface area contributed by atoms with E-state index in [4.69, 9.17) is 9.47 Å². The Bertz CT molecular complexity index is 1310. The fourth-order valence-corrected chi connectivity index (χ4v) is 4.55. The first-order chi connectivity index (χ1) is 16.6. The molecule has 0 aliphatic heterocycles. The molecular formula is C25H29N3O6S. The van der Waals surface area contributed by atoms with Crippen molar-refractivity contribution in [1.29, 1.82) is 0 Å². The van der Waals surface area contributed by atoms with Gasteiger partial charge in [0.2, 0.25) is 0 Å². The molecule has 1 aromatic carbocycles. The van der Waals surface area contributed by atoms with Crippen LogP contribution in [0.1, 0.15) is 67.1 Å². The number of carbonyl (C=O) groups is 3. The van der Waals surface area contributed by atoms with Gasteiger partial charge in [0.1, 0.15) is 5.00 Å². The number of nitrogens with one attached hydrogen (secondary N) is 1. The summed E-state index contributed by atoms with van der Waals surface area (Å²) in [6.45, 7) is 8.96. The molecular weight excluding hydrogens is 470 g/mol. The Hall–Kier alpha value is -3.53. The van der Waals surface area contributed by atoms with Crippen molar-refractivity contribution in [3.8, 4) is 0 Å². The number of thiophene rings is 1. The Morgan fingerprint density at radius 2 is 1.74 bits per heavy atom. The van der Waals surface area contributed by atoms with Gasteiger partial charge >= 0.3 is 11.9 Å². The standard InChI is InChI=1S/C25H29N3O6S/c1-6-33-24(31)20-16(11-14(2)3)13-35-22(20)26-19(29)12-34-25(32)21-17-9-7-8-10-18(17)23(30)28(27-21)15(4)5/h7-10,13-15H,6,11-12H2,1-5H3,(H,26,29). The molecule has 0 saturated heterocycles. The molecule has 3 rings (SSSR count). The first-order valence-electron chi connectivity index (χ1n) is 11.4. The summed E-state index contributed by atoms with van der Waals surface area (Å²) in [5, 5.41) is 9.69. The highest BCUT2D eigenvalue weighted by Gasteiger charge is 2.24. The Balaban J connectivity index is 1.79. The van der Waals surface area contributed by atoms with Crippen molar-refractivity contribution >= 4 is 45.0 Å². The molecule has 1 amide bonds. The lowest BCUT2D eigenvalue weighted by atomic mass is 10.0. The van der Waals surface area contributed by atoms with Crippen LogP contribution in [0.15, 0.2) is 34.4 Å². The van der Waals surface area contributed by atoms with Gasteiger partial charge in [0, 0.05) is 5.39 Å². The molecule has 0 fully saturated rings. The van der Waals surface area contributed by atoms with Crippen LogP contribution >= 0.6 is 11.3 Å². The Morgan fingerprint density at radius 3 is 2.37 bits per heavy atom. The summed E-state index contributed by atoms with van der Waals surface area (Å²) in [5.74, 6) is -1.65. The highest BCUT2D eigenvalue weighted by molar-refractivity contribution is 7.15. The number of benzene rings is 1. The van der Waals surface area contributed by atoms with Crippen molar-refractivity contribution in [2.24, 2.45) is 5.92 Å². The second-order valence-corrected chi connectivity index (χ2v) is 9.53. The Morgan fingerprint density at radius 1 is 1.06 bits per heavy atom. The number of nitrogens with zero attached hydrogens (tertiary/aromatic N) is 2. The summed E-state index contributed by atoms with van der Waals surface area (Å²) in [7, 11) is 0. The van der Waals surface area contributed by atoms with Crippen LogP contribution < -0.4 is 10.9 Å². The molecule has 0 bridgehead atoms. The molecule has 1 N–H and O–H groups in total. The zero-order valence-corrected chi connectivity index (χ0v) is 21.2. The van der Waals surface area contributed by atoms with E-state index >= 15 is 0 Å². The van der Waals surface area contributed by atoms with Crippen LogP contribution in [0.3, 0.4) is 0 Å². The van der Waals surface area contributed by atoms with Crippen molar-refractivity contribution in [2.75, 3.05) is 18.5 Å². The molecule has 9 nitrogen and oxygen atoms in total. The number of aromatic nitrogens is 2. The number of carbonyl (C=O) groups excluding carboxylic acids is 3. The van der Waals surface area contributed by atoms with Crippen LogP contribution in [0.4, 0.5) is 5.00 Å². The second-order valence-electron chi connectivity index (χ2n) is 8.65. The highest BCUT2D eigenvalue weighted by atomic mass is 32.1. The molecule has 0 unspecified atom stereocenters. The largest absolute Gasteiger partial charge is 0.462 e. The quantitative estimate of drug-likeness (QED) is 0.438. The lowest BCUT2D eigenvalue weighted by molar-refractivity contribution is -0.119. The molecule has 0 spiro atoms. The minimum atomic E-state index is -0.831. The summed E-state index contributed by atoms with van der Waals surface area (Å²) in [5.41, 5.74) is 0.750. The van der Waals surface area contributed by atoms with Crippen molar-refractivity contribution in [3.05, 3.63) is 56.8 Å². The number of anilines is 1. The lowest BCUT2D eigenvalue weighted by Crippen LogP contribution is -2.29. The molecule has 35 heavy (non-hydrogen) atoms. The van der Waals surface area contributed by atoms with Gasteiger partial charge in [-0.2, -0.15) is 5.10 Å². The number of rotatable bonds is 9. The molecule has 186 valence electrons. The fraction of sp³-hybridized carbons (Fsp3) is 0.400. The molecule has 0 saturated carbocycles. The SMILES string of the molecule is CCOC(=O)c1c(CC(C)C)csc1NC(=O)COC(=O)c1nn(C(C)C)c(=O)c2ccccc12. The van der Waals surface area contributed by atoms with Gasteiger partial charge in [0.25, 0.3) is 11.5 Å². The summed E-state index contributed by atoms with van der Waals surface area (Å²) in [6, 6.07) is 6.34. The molecule has 10 heteroatoms. The number of amides is 1. The zero-order chi connectivity index (χ0) is 25.7. The average molecular weight is 500 g/mol. The van der Waals surface area contributed by atoms with Crippen LogP contribution in [0.25, 0.3) is 10.8 Å². The van der Waals surface area contributed by atoms with Crippen LogP contribution in [0, 0.1) is 5.92 Å². The first kappa shape index (κ1) is 26.1. The molecule has 2 heterocycles. The van der Waals surface area contributed by atoms with E-state index in [9.17, 15) is 19.2 Å². The zero-order valence-electron chi connectivity index (χ0n) is 20.4. The summed E-state index contributed by atoms with van der Waals surface area (Å²) in [6.07, 6.45) is 0.653. The third kappa shape index (κ3) is 5.94. The molecule has 2 aromatic heterocycles. The normalized spacial score (nSPS) is 11.2. The number of hydrogen-bond acceptors (Lipinski definition) is 8. The van der Waals surface area contributed by atoms with Crippen LogP contribution in [0.5, 0.6) is 0 Å². The summed E-state index contributed by atoms with van der Waals surface area (Å²) in [4.78, 5) is 50.6. The maximum absolute atomic E-state index is 12.8. The minimum absolute atomic E-state index is 0.0516. The molecule has 3 aromatic rings. The maximum Gasteiger partial charge on any atom is 0.359 e. The molecule has 0 aliphatic rings. The van der Waals surface area contributed by atoms with E-state index in [2.05, 4.69) is 10.4 Å². The van der Waals surface area contributed by atoms with Crippen LogP contribution in [-0.4, -0.2) is 40.8 Å². The van der Waals surface area contributed by atoms with E-state index in [1.807, 2.05) is 19.2 Å². The predicted molar refractivity (Wildman–Crippen MR) is 134 cm³/mol. The lowest BCUT2D eigenvalue weighted by Gasteiger charge is -2.13. The van der Waals surface area contributed by atoms with Crippen molar-refractivity contribution in [2.45, 2.75) is 47.1 Å². The number of ether oxygens (including phenoxy) is 2. The summed E-state index contributed by atoms with van der Waals surface area (Å²) >= 11 is 1.22. The number of fused-ring (bicyclic) bond motifs is 1. The van der Waals surface area contributed by atoms with Crippen molar-refractivity contribution < 1.29 is 23.9 Å². The minimum Gasteiger partial charge on any atom is -0.462 e. The predicted octanol–water partition coefficient (Wildman–Crippen LogP) is 4.21. The molecule has 0 aliphatic carbocycles.